The molecule has 0 bridgehead atoms. The van der Waals surface area contributed by atoms with Gasteiger partial charge < -0.3 is 10.2 Å². The van der Waals surface area contributed by atoms with E-state index in [0.29, 0.717) is 11.5 Å². The van der Waals surface area contributed by atoms with Crippen LogP contribution in [0.3, 0.4) is 0 Å². The number of likely N-dealkylation sites (tertiary alicyclic amines) is 1. The molecule has 0 saturated carbocycles. The van der Waals surface area contributed by atoms with Crippen molar-refractivity contribution in [1.29, 1.82) is 0 Å². The lowest BCUT2D eigenvalue weighted by Gasteiger charge is -2.12. The number of nitrogens with one attached hydrogen (secondary N) is 1. The Morgan fingerprint density at radius 3 is 2.43 bits per heavy atom. The van der Waals surface area contributed by atoms with E-state index in [0.717, 1.165) is 18.8 Å². The fraction of sp³-hybridized carbons (Fsp3) is 0.278. The first-order valence-electron chi connectivity index (χ1n) is 7.37. The maximum Gasteiger partial charge on any atom is 0.255 e. The first-order valence-corrected chi connectivity index (χ1v) is 7.37. The molecule has 3 nitrogen and oxygen atoms in total. The van der Waals surface area contributed by atoms with E-state index < -0.39 is 0 Å². The molecule has 108 valence electrons. The minimum atomic E-state index is -0.0658. The van der Waals surface area contributed by atoms with Gasteiger partial charge in [0.1, 0.15) is 0 Å². The molecule has 1 aliphatic rings. The maximum atomic E-state index is 12.1. The van der Waals surface area contributed by atoms with Crippen LogP contribution in [0.2, 0.25) is 0 Å². The first-order chi connectivity index (χ1) is 10.2. The normalized spacial score (nSPS) is 18.6. The Morgan fingerprint density at radius 2 is 1.81 bits per heavy atom. The summed E-state index contributed by atoms with van der Waals surface area (Å²) in [5, 5.41) is 2.94. The van der Waals surface area contributed by atoms with Crippen molar-refractivity contribution in [2.45, 2.75) is 12.3 Å². The number of amides is 1. The van der Waals surface area contributed by atoms with Gasteiger partial charge in [0.2, 0.25) is 0 Å². The fourth-order valence-corrected chi connectivity index (χ4v) is 2.84. The van der Waals surface area contributed by atoms with Crippen LogP contribution in [0.1, 0.15) is 28.3 Å². The van der Waals surface area contributed by atoms with Gasteiger partial charge in [-0.2, -0.15) is 0 Å². The molecule has 1 unspecified atom stereocenters. The highest BCUT2D eigenvalue weighted by Crippen LogP contribution is 2.27. The lowest BCUT2D eigenvalue weighted by Crippen LogP contribution is -2.13. The van der Waals surface area contributed by atoms with Crippen LogP contribution < -0.4 is 5.32 Å². The molecule has 0 aromatic heterocycles. The van der Waals surface area contributed by atoms with Gasteiger partial charge in [-0.15, -0.1) is 0 Å². The molecule has 1 fully saturated rings. The Kier molecular flexibility index (Phi) is 4.02. The minimum absolute atomic E-state index is 0.0658. The molecule has 0 spiro atoms. The van der Waals surface area contributed by atoms with Gasteiger partial charge in [0.05, 0.1) is 0 Å². The molecule has 1 N–H and O–H groups in total. The second-order valence-corrected chi connectivity index (χ2v) is 5.69. The average Bonchev–Trinajstić information content (AvgIpc) is 2.95. The molecule has 2 aromatic rings. The van der Waals surface area contributed by atoms with Crippen LogP contribution in [0.25, 0.3) is 0 Å². The molecule has 0 radical (unpaired) electrons. The zero-order chi connectivity index (χ0) is 14.7. The predicted molar refractivity (Wildman–Crippen MR) is 85.7 cm³/mol. The summed E-state index contributed by atoms with van der Waals surface area (Å²) in [5.41, 5.74) is 2.88. The van der Waals surface area contributed by atoms with Crippen LogP contribution in [0.5, 0.6) is 0 Å². The molecule has 1 saturated heterocycles. The highest BCUT2D eigenvalue weighted by atomic mass is 16.1. The van der Waals surface area contributed by atoms with Gasteiger partial charge in [-0.3, -0.25) is 4.79 Å². The summed E-state index contributed by atoms with van der Waals surface area (Å²) >= 11 is 0. The van der Waals surface area contributed by atoms with Gasteiger partial charge in [-0.25, -0.2) is 0 Å². The quantitative estimate of drug-likeness (QED) is 0.935. The zero-order valence-electron chi connectivity index (χ0n) is 12.3. The van der Waals surface area contributed by atoms with Crippen molar-refractivity contribution < 1.29 is 4.79 Å². The molecule has 1 amide bonds. The number of carbonyl (C=O) groups excluding carboxylic acids is 1. The number of anilines is 1. The van der Waals surface area contributed by atoms with Gasteiger partial charge >= 0.3 is 0 Å². The number of likely N-dealkylation sites (N-methyl/N-ethyl adjacent to an activating group) is 1. The molecule has 3 heteroatoms. The molecule has 1 aliphatic heterocycles. The van der Waals surface area contributed by atoms with E-state index in [9.17, 15) is 4.79 Å². The van der Waals surface area contributed by atoms with Gasteiger partial charge in [-0.05, 0) is 55.8 Å². The standard InChI is InChI=1S/C18H20N2O/c1-20-12-11-16(13-20)14-7-9-17(10-8-14)19-18(21)15-5-3-2-4-6-15/h2-10,16H,11-13H2,1H3,(H,19,21). The smallest absolute Gasteiger partial charge is 0.255 e. The second-order valence-electron chi connectivity index (χ2n) is 5.69. The first kappa shape index (κ1) is 13.8. The van der Waals surface area contributed by atoms with Crippen LogP contribution >= 0.6 is 0 Å². The van der Waals surface area contributed by atoms with Crippen LogP contribution in [0, 0.1) is 0 Å². The van der Waals surface area contributed by atoms with Crippen molar-refractivity contribution >= 4 is 11.6 Å². The predicted octanol–water partition coefficient (Wildman–Crippen LogP) is 3.36. The third-order valence-electron chi connectivity index (χ3n) is 4.07. The summed E-state index contributed by atoms with van der Waals surface area (Å²) < 4.78 is 0. The number of hydrogen-bond acceptors (Lipinski definition) is 2. The van der Waals surface area contributed by atoms with Crippen LogP contribution in [0.4, 0.5) is 5.69 Å². The van der Waals surface area contributed by atoms with Gasteiger partial charge in [0.15, 0.2) is 0 Å². The van der Waals surface area contributed by atoms with Crippen molar-refractivity contribution in [1.82, 2.24) is 4.90 Å². The number of nitrogens with zero attached hydrogens (tertiary/aromatic N) is 1. The van der Waals surface area contributed by atoms with E-state index in [1.54, 1.807) is 0 Å². The third kappa shape index (κ3) is 3.31. The third-order valence-corrected chi connectivity index (χ3v) is 4.07. The summed E-state index contributed by atoms with van der Waals surface area (Å²) in [7, 11) is 2.16. The Balaban J connectivity index is 1.66. The zero-order valence-corrected chi connectivity index (χ0v) is 12.3. The molecule has 1 heterocycles. The van der Waals surface area contributed by atoms with E-state index in [2.05, 4.69) is 29.4 Å². The van der Waals surface area contributed by atoms with Crippen LogP contribution in [0.15, 0.2) is 54.6 Å². The van der Waals surface area contributed by atoms with Crippen LogP contribution in [-0.4, -0.2) is 30.9 Å². The monoisotopic (exact) mass is 280 g/mol. The molecule has 3 rings (SSSR count). The molecular formula is C18H20N2O. The molecule has 2 aromatic carbocycles. The van der Waals surface area contributed by atoms with Crippen molar-refractivity contribution in [2.75, 3.05) is 25.5 Å². The Bertz CT molecular complexity index is 607. The number of rotatable bonds is 3. The lowest BCUT2D eigenvalue weighted by molar-refractivity contribution is 0.102. The number of benzene rings is 2. The van der Waals surface area contributed by atoms with Crippen molar-refractivity contribution in [3.05, 3.63) is 65.7 Å². The van der Waals surface area contributed by atoms with Crippen molar-refractivity contribution in [3.8, 4) is 0 Å². The summed E-state index contributed by atoms with van der Waals surface area (Å²) in [4.78, 5) is 14.4. The average molecular weight is 280 g/mol. The summed E-state index contributed by atoms with van der Waals surface area (Å²) in [5.74, 6) is 0.554. The van der Waals surface area contributed by atoms with E-state index in [1.165, 1.54) is 12.0 Å². The number of hydrogen-bond donors (Lipinski definition) is 1. The fourth-order valence-electron chi connectivity index (χ4n) is 2.84. The summed E-state index contributed by atoms with van der Waals surface area (Å²) in [6.45, 7) is 2.28. The van der Waals surface area contributed by atoms with Gasteiger partial charge in [-0.1, -0.05) is 30.3 Å². The highest BCUT2D eigenvalue weighted by Gasteiger charge is 2.20. The number of carbonyl (C=O) groups is 1. The lowest BCUT2D eigenvalue weighted by atomic mass is 9.98. The van der Waals surface area contributed by atoms with E-state index in [-0.39, 0.29) is 5.91 Å². The molecule has 0 aliphatic carbocycles. The van der Waals surface area contributed by atoms with Crippen molar-refractivity contribution in [2.24, 2.45) is 0 Å². The minimum Gasteiger partial charge on any atom is -0.322 e. The molecular weight excluding hydrogens is 260 g/mol. The largest absolute Gasteiger partial charge is 0.322 e. The van der Waals surface area contributed by atoms with Crippen LogP contribution in [-0.2, 0) is 0 Å². The maximum absolute atomic E-state index is 12.1. The second kappa shape index (κ2) is 6.10. The molecule has 21 heavy (non-hydrogen) atoms. The Labute approximate surface area is 125 Å². The Morgan fingerprint density at radius 1 is 1.10 bits per heavy atom. The topological polar surface area (TPSA) is 32.3 Å². The van der Waals surface area contributed by atoms with Gasteiger partial charge in [0, 0.05) is 17.8 Å². The van der Waals surface area contributed by atoms with E-state index in [4.69, 9.17) is 0 Å². The Hall–Kier alpha value is -2.13. The summed E-state index contributed by atoms with van der Waals surface area (Å²) in [6, 6.07) is 17.5. The highest BCUT2D eigenvalue weighted by molar-refractivity contribution is 6.04. The molecule has 1 atom stereocenters. The van der Waals surface area contributed by atoms with E-state index in [1.807, 2.05) is 42.5 Å². The summed E-state index contributed by atoms with van der Waals surface area (Å²) in [6.07, 6.45) is 1.21. The SMILES string of the molecule is CN1CCC(c2ccc(NC(=O)c3ccccc3)cc2)C1. The van der Waals surface area contributed by atoms with Gasteiger partial charge in [0.25, 0.3) is 5.91 Å². The van der Waals surface area contributed by atoms with Crippen molar-refractivity contribution in [3.63, 3.8) is 0 Å². The van der Waals surface area contributed by atoms with E-state index >= 15 is 0 Å².